The summed E-state index contributed by atoms with van der Waals surface area (Å²) < 4.78 is 0. The Balaban J connectivity index is 1.57. The molecule has 0 aliphatic carbocycles. The average Bonchev–Trinajstić information content (AvgIpc) is 2.55. The summed E-state index contributed by atoms with van der Waals surface area (Å²) >= 11 is 0. The lowest BCUT2D eigenvalue weighted by molar-refractivity contribution is 0.0718. The smallest absolute Gasteiger partial charge is 0.253 e. The van der Waals surface area contributed by atoms with Gasteiger partial charge >= 0.3 is 0 Å². The zero-order valence-electron chi connectivity index (χ0n) is 13.5. The van der Waals surface area contributed by atoms with Crippen molar-refractivity contribution < 1.29 is 4.79 Å². The molecule has 3 rings (SSSR count). The standard InChI is InChI=1S/C19H23N3O/c1-14-4-2-7-18(12-14)21-17-8-10-22(11-9-17)19(23)15-5-3-6-16(20)13-15/h2-7,12-13,17,21H,8-11,20H2,1H3. The maximum Gasteiger partial charge on any atom is 0.253 e. The molecule has 0 aromatic heterocycles. The molecule has 0 spiro atoms. The van der Waals surface area contributed by atoms with Gasteiger partial charge in [0.2, 0.25) is 0 Å². The number of anilines is 2. The fraction of sp³-hybridized carbons (Fsp3) is 0.316. The lowest BCUT2D eigenvalue weighted by atomic mass is 10.0. The quantitative estimate of drug-likeness (QED) is 0.855. The Labute approximate surface area is 137 Å². The van der Waals surface area contributed by atoms with Crippen molar-refractivity contribution in [2.24, 2.45) is 0 Å². The van der Waals surface area contributed by atoms with Crippen LogP contribution in [-0.2, 0) is 0 Å². The number of nitrogens with zero attached hydrogens (tertiary/aromatic N) is 1. The van der Waals surface area contributed by atoms with E-state index < -0.39 is 0 Å². The number of nitrogen functional groups attached to an aromatic ring is 1. The van der Waals surface area contributed by atoms with Crippen LogP contribution in [0.15, 0.2) is 48.5 Å². The molecule has 0 atom stereocenters. The molecule has 4 heteroatoms. The van der Waals surface area contributed by atoms with Gasteiger partial charge in [-0.05, 0) is 55.7 Å². The number of carbonyl (C=O) groups excluding carboxylic acids is 1. The summed E-state index contributed by atoms with van der Waals surface area (Å²) in [6.07, 6.45) is 1.92. The molecule has 23 heavy (non-hydrogen) atoms. The number of benzene rings is 2. The van der Waals surface area contributed by atoms with Crippen LogP contribution in [0.3, 0.4) is 0 Å². The van der Waals surface area contributed by atoms with Gasteiger partial charge in [0.15, 0.2) is 0 Å². The van der Waals surface area contributed by atoms with Gasteiger partial charge in [-0.3, -0.25) is 4.79 Å². The van der Waals surface area contributed by atoms with E-state index in [0.717, 1.165) is 31.6 Å². The Kier molecular flexibility index (Phi) is 4.51. The lowest BCUT2D eigenvalue weighted by Gasteiger charge is -2.33. The zero-order chi connectivity index (χ0) is 16.2. The topological polar surface area (TPSA) is 58.4 Å². The van der Waals surface area contributed by atoms with E-state index in [4.69, 9.17) is 5.73 Å². The summed E-state index contributed by atoms with van der Waals surface area (Å²) in [4.78, 5) is 14.4. The predicted octanol–water partition coefficient (Wildman–Crippen LogP) is 3.29. The maximum atomic E-state index is 12.5. The summed E-state index contributed by atoms with van der Waals surface area (Å²) in [5.74, 6) is 0.0753. The first kappa shape index (κ1) is 15.4. The first-order valence-corrected chi connectivity index (χ1v) is 8.10. The molecule has 1 aliphatic rings. The highest BCUT2D eigenvalue weighted by molar-refractivity contribution is 5.95. The molecular weight excluding hydrogens is 286 g/mol. The van der Waals surface area contributed by atoms with Gasteiger partial charge in [0.05, 0.1) is 0 Å². The fourth-order valence-corrected chi connectivity index (χ4v) is 3.05. The van der Waals surface area contributed by atoms with Crippen LogP contribution in [0.1, 0.15) is 28.8 Å². The predicted molar refractivity (Wildman–Crippen MR) is 94.6 cm³/mol. The van der Waals surface area contributed by atoms with Crippen LogP contribution >= 0.6 is 0 Å². The van der Waals surface area contributed by atoms with Gasteiger partial charge in [-0.15, -0.1) is 0 Å². The number of hydrogen-bond donors (Lipinski definition) is 2. The summed E-state index contributed by atoms with van der Waals surface area (Å²) in [5, 5.41) is 3.57. The van der Waals surface area contributed by atoms with Crippen LogP contribution in [0.4, 0.5) is 11.4 Å². The van der Waals surface area contributed by atoms with E-state index in [0.29, 0.717) is 17.3 Å². The SMILES string of the molecule is Cc1cccc(NC2CCN(C(=O)c3cccc(N)c3)CC2)c1. The van der Waals surface area contributed by atoms with E-state index in [1.54, 1.807) is 12.1 Å². The first-order chi connectivity index (χ1) is 11.1. The third kappa shape index (κ3) is 3.83. The van der Waals surface area contributed by atoms with Crippen molar-refractivity contribution >= 4 is 17.3 Å². The number of rotatable bonds is 3. The average molecular weight is 309 g/mol. The Morgan fingerprint density at radius 2 is 1.87 bits per heavy atom. The van der Waals surface area contributed by atoms with Gasteiger partial charge in [0.25, 0.3) is 5.91 Å². The monoisotopic (exact) mass is 309 g/mol. The molecule has 120 valence electrons. The second-order valence-corrected chi connectivity index (χ2v) is 6.21. The van der Waals surface area contributed by atoms with E-state index >= 15 is 0 Å². The van der Waals surface area contributed by atoms with Crippen LogP contribution in [-0.4, -0.2) is 29.9 Å². The van der Waals surface area contributed by atoms with Crippen molar-refractivity contribution in [3.63, 3.8) is 0 Å². The number of carbonyl (C=O) groups is 1. The van der Waals surface area contributed by atoms with E-state index in [1.807, 2.05) is 17.0 Å². The summed E-state index contributed by atoms with van der Waals surface area (Å²) in [6.45, 7) is 3.65. The second-order valence-electron chi connectivity index (χ2n) is 6.21. The van der Waals surface area contributed by atoms with Crippen LogP contribution in [0.25, 0.3) is 0 Å². The van der Waals surface area contributed by atoms with Crippen LogP contribution in [0.2, 0.25) is 0 Å². The Morgan fingerprint density at radius 3 is 2.57 bits per heavy atom. The number of likely N-dealkylation sites (tertiary alicyclic amines) is 1. The van der Waals surface area contributed by atoms with E-state index in [1.165, 1.54) is 5.56 Å². The molecule has 0 bridgehead atoms. The molecule has 0 saturated carbocycles. The Hall–Kier alpha value is -2.49. The Morgan fingerprint density at radius 1 is 1.13 bits per heavy atom. The minimum absolute atomic E-state index is 0.0753. The number of amides is 1. The normalized spacial score (nSPS) is 15.4. The molecule has 0 radical (unpaired) electrons. The van der Waals surface area contributed by atoms with Gasteiger partial charge in [-0.2, -0.15) is 0 Å². The number of piperidine rings is 1. The van der Waals surface area contributed by atoms with E-state index in [-0.39, 0.29) is 5.91 Å². The number of hydrogen-bond acceptors (Lipinski definition) is 3. The van der Waals surface area contributed by atoms with Gasteiger partial charge < -0.3 is 16.0 Å². The molecular formula is C19H23N3O. The highest BCUT2D eigenvalue weighted by Gasteiger charge is 2.23. The van der Waals surface area contributed by atoms with Crippen molar-refractivity contribution in [3.8, 4) is 0 Å². The maximum absolute atomic E-state index is 12.5. The molecule has 1 heterocycles. The molecule has 4 nitrogen and oxygen atoms in total. The molecule has 1 saturated heterocycles. The lowest BCUT2D eigenvalue weighted by Crippen LogP contribution is -2.42. The van der Waals surface area contributed by atoms with Crippen molar-refractivity contribution in [1.29, 1.82) is 0 Å². The van der Waals surface area contributed by atoms with Gasteiger partial charge in [-0.25, -0.2) is 0 Å². The summed E-state index contributed by atoms with van der Waals surface area (Å²) in [6, 6.07) is 16.0. The third-order valence-corrected chi connectivity index (χ3v) is 4.30. The van der Waals surface area contributed by atoms with Crippen LogP contribution < -0.4 is 11.1 Å². The van der Waals surface area contributed by atoms with E-state index in [9.17, 15) is 4.79 Å². The number of nitrogens with one attached hydrogen (secondary N) is 1. The van der Waals surface area contributed by atoms with E-state index in [2.05, 4.69) is 36.5 Å². The van der Waals surface area contributed by atoms with Crippen molar-refractivity contribution in [2.45, 2.75) is 25.8 Å². The largest absolute Gasteiger partial charge is 0.399 e. The van der Waals surface area contributed by atoms with Crippen molar-refractivity contribution in [2.75, 3.05) is 24.1 Å². The highest BCUT2D eigenvalue weighted by Crippen LogP contribution is 2.19. The number of nitrogens with two attached hydrogens (primary N) is 1. The summed E-state index contributed by atoms with van der Waals surface area (Å²) in [5.41, 5.74) is 9.48. The minimum atomic E-state index is 0.0753. The molecule has 2 aromatic rings. The fourth-order valence-electron chi connectivity index (χ4n) is 3.05. The molecule has 2 aromatic carbocycles. The molecule has 0 unspecified atom stereocenters. The first-order valence-electron chi connectivity index (χ1n) is 8.10. The molecule has 3 N–H and O–H groups in total. The van der Waals surface area contributed by atoms with Gasteiger partial charge in [0.1, 0.15) is 0 Å². The van der Waals surface area contributed by atoms with Crippen molar-refractivity contribution in [3.05, 3.63) is 59.7 Å². The number of aryl methyl sites for hydroxylation is 1. The highest BCUT2D eigenvalue weighted by atomic mass is 16.2. The van der Waals surface area contributed by atoms with Crippen LogP contribution in [0.5, 0.6) is 0 Å². The van der Waals surface area contributed by atoms with Gasteiger partial charge in [-0.1, -0.05) is 18.2 Å². The van der Waals surface area contributed by atoms with Gasteiger partial charge in [0, 0.05) is 36.1 Å². The molecule has 1 fully saturated rings. The van der Waals surface area contributed by atoms with Crippen LogP contribution in [0, 0.1) is 6.92 Å². The molecule has 1 aliphatic heterocycles. The Bertz CT molecular complexity index is 691. The third-order valence-electron chi connectivity index (χ3n) is 4.30. The summed E-state index contributed by atoms with van der Waals surface area (Å²) in [7, 11) is 0. The molecule has 1 amide bonds. The zero-order valence-corrected chi connectivity index (χ0v) is 13.5. The van der Waals surface area contributed by atoms with Crippen molar-refractivity contribution in [1.82, 2.24) is 4.90 Å². The second kappa shape index (κ2) is 6.73. The minimum Gasteiger partial charge on any atom is -0.399 e.